The number of nitrogens with zero attached hydrogens (tertiary/aromatic N) is 2. The van der Waals surface area contributed by atoms with Crippen molar-refractivity contribution in [2.24, 2.45) is 18.7 Å². The standard InChI is InChI=1S/C17H23N3O2/c1-19-5-4-15-9-13(2-3-16(15)19)8-14-11-20(17(21)10-18)6-7-22-12-14/h2-5,9,14H,6-8,10-12,18H2,1H3/t14-/m0/s1. The molecule has 0 bridgehead atoms. The van der Waals surface area contributed by atoms with Gasteiger partial charge in [-0.1, -0.05) is 6.07 Å². The first-order valence-corrected chi connectivity index (χ1v) is 7.77. The number of fused-ring (bicyclic) bond motifs is 1. The predicted octanol–water partition coefficient (Wildman–Crippen LogP) is 1.15. The number of hydrogen-bond donors (Lipinski definition) is 1. The van der Waals surface area contributed by atoms with Gasteiger partial charge in [-0.25, -0.2) is 0 Å². The van der Waals surface area contributed by atoms with Crippen molar-refractivity contribution in [2.45, 2.75) is 6.42 Å². The third kappa shape index (κ3) is 3.15. The van der Waals surface area contributed by atoms with Crippen LogP contribution < -0.4 is 5.73 Å². The number of aromatic nitrogens is 1. The molecule has 0 spiro atoms. The van der Waals surface area contributed by atoms with Crippen LogP contribution in [0, 0.1) is 5.92 Å². The summed E-state index contributed by atoms with van der Waals surface area (Å²) in [5.41, 5.74) is 8.01. The second-order valence-electron chi connectivity index (χ2n) is 6.01. The maximum Gasteiger partial charge on any atom is 0.236 e. The van der Waals surface area contributed by atoms with Crippen molar-refractivity contribution in [1.82, 2.24) is 9.47 Å². The molecule has 2 N–H and O–H groups in total. The molecule has 2 heterocycles. The topological polar surface area (TPSA) is 60.5 Å². The van der Waals surface area contributed by atoms with Gasteiger partial charge in [-0.05, 0) is 35.6 Å². The van der Waals surface area contributed by atoms with E-state index in [2.05, 4.69) is 42.1 Å². The Kier molecular flexibility index (Phi) is 4.45. The van der Waals surface area contributed by atoms with Gasteiger partial charge in [-0.3, -0.25) is 4.79 Å². The maximum absolute atomic E-state index is 11.8. The number of ether oxygens (including phenoxy) is 1. The summed E-state index contributed by atoms with van der Waals surface area (Å²) in [6.07, 6.45) is 2.99. The molecule has 1 fully saturated rings. The molecule has 0 saturated carbocycles. The molecule has 5 heteroatoms. The molecule has 3 rings (SSSR count). The van der Waals surface area contributed by atoms with E-state index >= 15 is 0 Å². The minimum atomic E-state index is 0.00834. The molecule has 1 atom stereocenters. The third-order valence-electron chi connectivity index (χ3n) is 4.34. The number of carbonyl (C=O) groups is 1. The number of hydrogen-bond acceptors (Lipinski definition) is 3. The van der Waals surface area contributed by atoms with Crippen LogP contribution in [0.15, 0.2) is 30.5 Å². The molecule has 1 saturated heterocycles. The van der Waals surface area contributed by atoms with E-state index in [0.717, 1.165) is 13.0 Å². The molecule has 2 aromatic rings. The lowest BCUT2D eigenvalue weighted by Gasteiger charge is -2.23. The highest BCUT2D eigenvalue weighted by molar-refractivity contribution is 5.80. The van der Waals surface area contributed by atoms with E-state index in [1.54, 1.807) is 0 Å². The van der Waals surface area contributed by atoms with Crippen LogP contribution in [0.25, 0.3) is 10.9 Å². The summed E-state index contributed by atoms with van der Waals surface area (Å²) in [7, 11) is 2.05. The van der Waals surface area contributed by atoms with E-state index < -0.39 is 0 Å². The SMILES string of the molecule is Cn1ccc2cc(C[C@@H]3COCCN(C(=O)CN)C3)ccc21. The first-order valence-electron chi connectivity index (χ1n) is 7.77. The molecule has 1 aliphatic heterocycles. The Labute approximate surface area is 130 Å². The van der Waals surface area contributed by atoms with Gasteiger partial charge in [0.2, 0.25) is 5.91 Å². The van der Waals surface area contributed by atoms with Crippen LogP contribution >= 0.6 is 0 Å². The molecule has 0 unspecified atom stereocenters. The Morgan fingerprint density at radius 2 is 2.27 bits per heavy atom. The summed E-state index contributed by atoms with van der Waals surface area (Å²) < 4.78 is 7.78. The highest BCUT2D eigenvalue weighted by Gasteiger charge is 2.22. The van der Waals surface area contributed by atoms with Crippen molar-refractivity contribution in [3.8, 4) is 0 Å². The van der Waals surface area contributed by atoms with Crippen molar-refractivity contribution in [2.75, 3.05) is 32.8 Å². The Bertz CT molecular complexity index is 665. The van der Waals surface area contributed by atoms with Crippen LogP contribution in [0.1, 0.15) is 5.56 Å². The quantitative estimate of drug-likeness (QED) is 0.925. The predicted molar refractivity (Wildman–Crippen MR) is 86.6 cm³/mol. The molecule has 1 amide bonds. The second kappa shape index (κ2) is 6.50. The van der Waals surface area contributed by atoms with Gasteiger partial charge in [-0.15, -0.1) is 0 Å². The number of benzene rings is 1. The summed E-state index contributed by atoms with van der Waals surface area (Å²) in [4.78, 5) is 13.7. The van der Waals surface area contributed by atoms with Crippen molar-refractivity contribution in [3.05, 3.63) is 36.0 Å². The number of rotatable bonds is 3. The van der Waals surface area contributed by atoms with E-state index in [1.807, 2.05) is 4.90 Å². The minimum absolute atomic E-state index is 0.00834. The molecule has 118 valence electrons. The smallest absolute Gasteiger partial charge is 0.236 e. The van der Waals surface area contributed by atoms with Crippen molar-refractivity contribution in [1.29, 1.82) is 0 Å². The van der Waals surface area contributed by atoms with E-state index in [0.29, 0.717) is 25.7 Å². The molecule has 1 aromatic heterocycles. The zero-order valence-electron chi connectivity index (χ0n) is 13.0. The van der Waals surface area contributed by atoms with Crippen LogP contribution in [0.5, 0.6) is 0 Å². The molecular weight excluding hydrogens is 278 g/mol. The monoisotopic (exact) mass is 301 g/mol. The van der Waals surface area contributed by atoms with Crippen LogP contribution in [0.3, 0.4) is 0 Å². The van der Waals surface area contributed by atoms with Gasteiger partial charge in [0.1, 0.15) is 0 Å². The zero-order chi connectivity index (χ0) is 15.5. The highest BCUT2D eigenvalue weighted by atomic mass is 16.5. The van der Waals surface area contributed by atoms with Crippen LogP contribution in [0.4, 0.5) is 0 Å². The van der Waals surface area contributed by atoms with Gasteiger partial charge < -0.3 is 19.9 Å². The average Bonchev–Trinajstić information content (AvgIpc) is 2.74. The lowest BCUT2D eigenvalue weighted by Crippen LogP contribution is -2.40. The Morgan fingerprint density at radius 3 is 3.09 bits per heavy atom. The van der Waals surface area contributed by atoms with E-state index in [9.17, 15) is 4.79 Å². The molecule has 0 aliphatic carbocycles. The summed E-state index contributed by atoms with van der Waals surface area (Å²) in [5, 5.41) is 1.25. The molecular formula is C17H23N3O2. The fraction of sp³-hybridized carbons (Fsp3) is 0.471. The number of aryl methyl sites for hydroxylation is 1. The third-order valence-corrected chi connectivity index (χ3v) is 4.34. The summed E-state index contributed by atoms with van der Waals surface area (Å²) in [6, 6.07) is 8.69. The largest absolute Gasteiger partial charge is 0.379 e. The second-order valence-corrected chi connectivity index (χ2v) is 6.01. The van der Waals surface area contributed by atoms with E-state index in [-0.39, 0.29) is 12.5 Å². The minimum Gasteiger partial charge on any atom is -0.379 e. The first kappa shape index (κ1) is 15.1. The lowest BCUT2D eigenvalue weighted by molar-refractivity contribution is -0.130. The Hall–Kier alpha value is -1.85. The lowest BCUT2D eigenvalue weighted by atomic mass is 9.98. The molecule has 22 heavy (non-hydrogen) atoms. The fourth-order valence-corrected chi connectivity index (χ4v) is 3.15. The Morgan fingerprint density at radius 1 is 1.41 bits per heavy atom. The van der Waals surface area contributed by atoms with Gasteiger partial charge in [0, 0.05) is 37.8 Å². The van der Waals surface area contributed by atoms with Crippen molar-refractivity contribution in [3.63, 3.8) is 0 Å². The molecule has 5 nitrogen and oxygen atoms in total. The highest BCUT2D eigenvalue weighted by Crippen LogP contribution is 2.20. The summed E-state index contributed by atoms with van der Waals surface area (Å²) >= 11 is 0. The zero-order valence-corrected chi connectivity index (χ0v) is 13.0. The number of carbonyl (C=O) groups excluding carboxylic acids is 1. The van der Waals surface area contributed by atoms with Gasteiger partial charge in [0.15, 0.2) is 0 Å². The van der Waals surface area contributed by atoms with E-state index in [4.69, 9.17) is 10.5 Å². The average molecular weight is 301 g/mol. The van der Waals surface area contributed by atoms with Crippen molar-refractivity contribution >= 4 is 16.8 Å². The van der Waals surface area contributed by atoms with Crippen molar-refractivity contribution < 1.29 is 9.53 Å². The van der Waals surface area contributed by atoms with Gasteiger partial charge in [-0.2, -0.15) is 0 Å². The first-order chi connectivity index (χ1) is 10.7. The van der Waals surface area contributed by atoms with Gasteiger partial charge in [0.25, 0.3) is 0 Å². The van der Waals surface area contributed by atoms with Crippen LogP contribution in [-0.4, -0.2) is 48.2 Å². The summed E-state index contributed by atoms with van der Waals surface area (Å²) in [6.45, 7) is 2.73. The molecule has 1 aliphatic rings. The fourth-order valence-electron chi connectivity index (χ4n) is 3.15. The number of amides is 1. The van der Waals surface area contributed by atoms with E-state index in [1.165, 1.54) is 16.5 Å². The Balaban J connectivity index is 1.73. The normalized spacial score (nSPS) is 19.4. The maximum atomic E-state index is 11.8. The number of nitrogens with two attached hydrogens (primary N) is 1. The van der Waals surface area contributed by atoms with Crippen LogP contribution in [-0.2, 0) is 23.0 Å². The van der Waals surface area contributed by atoms with Gasteiger partial charge >= 0.3 is 0 Å². The van der Waals surface area contributed by atoms with Gasteiger partial charge in [0.05, 0.1) is 19.8 Å². The molecule has 0 radical (unpaired) electrons. The van der Waals surface area contributed by atoms with Crippen LogP contribution in [0.2, 0.25) is 0 Å². The molecule has 1 aromatic carbocycles. The summed E-state index contributed by atoms with van der Waals surface area (Å²) in [5.74, 6) is 0.327.